The molecule has 6 heteroatoms. The first kappa shape index (κ1) is 18.6. The van der Waals surface area contributed by atoms with Crippen LogP contribution in [-0.2, 0) is 6.42 Å². The lowest BCUT2D eigenvalue weighted by atomic mass is 10.1. The zero-order valence-corrected chi connectivity index (χ0v) is 16.0. The van der Waals surface area contributed by atoms with Crippen molar-refractivity contribution in [3.8, 4) is 5.69 Å². The highest BCUT2D eigenvalue weighted by atomic mass is 16.1. The molecule has 3 aromatic rings. The van der Waals surface area contributed by atoms with Crippen LogP contribution < -0.4 is 10.2 Å². The second-order valence-corrected chi connectivity index (χ2v) is 6.68. The van der Waals surface area contributed by atoms with E-state index in [1.54, 1.807) is 12.3 Å². The lowest BCUT2D eigenvalue weighted by Crippen LogP contribution is -2.25. The normalized spacial score (nSPS) is 10.6. The van der Waals surface area contributed by atoms with Crippen LogP contribution in [0.3, 0.4) is 0 Å². The van der Waals surface area contributed by atoms with E-state index in [-0.39, 0.29) is 5.91 Å². The number of aromatic nitrogens is 3. The van der Waals surface area contributed by atoms with E-state index < -0.39 is 0 Å². The predicted molar refractivity (Wildman–Crippen MR) is 108 cm³/mol. The molecule has 0 unspecified atom stereocenters. The van der Waals surface area contributed by atoms with Crippen molar-refractivity contribution in [3.05, 3.63) is 71.7 Å². The zero-order valence-electron chi connectivity index (χ0n) is 16.0. The van der Waals surface area contributed by atoms with Gasteiger partial charge in [-0.2, -0.15) is 5.10 Å². The van der Waals surface area contributed by atoms with Gasteiger partial charge < -0.3 is 10.2 Å². The largest absolute Gasteiger partial charge is 0.363 e. The summed E-state index contributed by atoms with van der Waals surface area (Å²) in [6.45, 7) is 2.63. The molecule has 0 spiro atoms. The Balaban J connectivity index is 1.50. The van der Waals surface area contributed by atoms with E-state index in [1.807, 2.05) is 67.0 Å². The van der Waals surface area contributed by atoms with Gasteiger partial charge in [0.15, 0.2) is 0 Å². The molecule has 2 heterocycles. The van der Waals surface area contributed by atoms with Gasteiger partial charge >= 0.3 is 0 Å². The number of carbonyl (C=O) groups excluding carboxylic acids is 1. The minimum atomic E-state index is -0.0930. The molecule has 0 fully saturated rings. The highest BCUT2D eigenvalue weighted by Gasteiger charge is 2.08. The average Bonchev–Trinajstić information content (AvgIpc) is 3.06. The van der Waals surface area contributed by atoms with Crippen LogP contribution in [0.1, 0.15) is 28.0 Å². The quantitative estimate of drug-likeness (QED) is 0.656. The second kappa shape index (κ2) is 8.49. The van der Waals surface area contributed by atoms with Crippen LogP contribution in [0.15, 0.2) is 54.9 Å². The summed E-state index contributed by atoms with van der Waals surface area (Å²) in [6.07, 6.45) is 5.40. The van der Waals surface area contributed by atoms with Gasteiger partial charge in [-0.15, -0.1) is 0 Å². The first-order valence-corrected chi connectivity index (χ1v) is 9.07. The molecule has 0 saturated carbocycles. The number of pyridine rings is 1. The highest BCUT2D eigenvalue weighted by Crippen LogP contribution is 2.13. The third-order valence-electron chi connectivity index (χ3n) is 4.40. The van der Waals surface area contributed by atoms with Gasteiger partial charge in [-0.1, -0.05) is 18.2 Å². The van der Waals surface area contributed by atoms with Gasteiger partial charge in [0.2, 0.25) is 0 Å². The zero-order chi connectivity index (χ0) is 19.2. The van der Waals surface area contributed by atoms with Crippen molar-refractivity contribution in [1.29, 1.82) is 0 Å². The number of rotatable bonds is 7. The van der Waals surface area contributed by atoms with Gasteiger partial charge in [0.05, 0.1) is 16.9 Å². The van der Waals surface area contributed by atoms with Crippen LogP contribution >= 0.6 is 0 Å². The molecule has 27 heavy (non-hydrogen) atoms. The van der Waals surface area contributed by atoms with Gasteiger partial charge in [0, 0.05) is 33.0 Å². The molecule has 0 radical (unpaired) electrons. The van der Waals surface area contributed by atoms with E-state index in [9.17, 15) is 4.79 Å². The molecule has 0 atom stereocenters. The molecule has 1 amide bonds. The molecule has 2 aromatic heterocycles. The molecule has 0 saturated heterocycles. The smallest absolute Gasteiger partial charge is 0.252 e. The summed E-state index contributed by atoms with van der Waals surface area (Å²) >= 11 is 0. The van der Waals surface area contributed by atoms with Crippen molar-refractivity contribution in [1.82, 2.24) is 20.1 Å². The van der Waals surface area contributed by atoms with Gasteiger partial charge in [-0.05, 0) is 49.6 Å². The number of hydrogen-bond acceptors (Lipinski definition) is 4. The van der Waals surface area contributed by atoms with Crippen LogP contribution in [0.5, 0.6) is 0 Å². The van der Waals surface area contributed by atoms with Crippen molar-refractivity contribution in [3.63, 3.8) is 0 Å². The van der Waals surface area contributed by atoms with Gasteiger partial charge in [0.25, 0.3) is 5.91 Å². The van der Waals surface area contributed by atoms with E-state index in [0.717, 1.165) is 30.0 Å². The Kier molecular flexibility index (Phi) is 5.86. The lowest BCUT2D eigenvalue weighted by molar-refractivity contribution is 0.0953. The first-order valence-electron chi connectivity index (χ1n) is 9.07. The number of aryl methyl sites for hydroxylation is 2. The second-order valence-electron chi connectivity index (χ2n) is 6.68. The van der Waals surface area contributed by atoms with E-state index in [1.165, 1.54) is 5.56 Å². The van der Waals surface area contributed by atoms with E-state index in [0.29, 0.717) is 12.1 Å². The number of para-hydroxylation sites is 1. The van der Waals surface area contributed by atoms with Gasteiger partial charge in [0.1, 0.15) is 5.82 Å². The third-order valence-corrected chi connectivity index (χ3v) is 4.40. The summed E-state index contributed by atoms with van der Waals surface area (Å²) in [4.78, 5) is 18.4. The minimum absolute atomic E-state index is 0.0930. The highest BCUT2D eigenvalue weighted by molar-refractivity contribution is 5.94. The Morgan fingerprint density at radius 3 is 2.59 bits per heavy atom. The van der Waals surface area contributed by atoms with Crippen molar-refractivity contribution in [2.24, 2.45) is 0 Å². The van der Waals surface area contributed by atoms with Crippen molar-refractivity contribution < 1.29 is 4.79 Å². The number of amides is 1. The third kappa shape index (κ3) is 4.73. The van der Waals surface area contributed by atoms with Gasteiger partial charge in [-0.25, -0.2) is 9.67 Å². The summed E-state index contributed by atoms with van der Waals surface area (Å²) in [5.41, 5.74) is 3.85. The van der Waals surface area contributed by atoms with Crippen LogP contribution in [0.2, 0.25) is 0 Å². The topological polar surface area (TPSA) is 63.1 Å². The molecular weight excluding hydrogens is 338 g/mol. The molecular formula is C21H25N5O. The predicted octanol–water partition coefficient (Wildman–Crippen LogP) is 3.00. The molecule has 1 N–H and O–H groups in total. The fraction of sp³-hybridized carbons (Fsp3) is 0.286. The lowest BCUT2D eigenvalue weighted by Gasteiger charge is -2.11. The van der Waals surface area contributed by atoms with Crippen LogP contribution in [0.25, 0.3) is 5.69 Å². The number of nitrogens with zero attached hydrogens (tertiary/aromatic N) is 4. The molecule has 0 aliphatic rings. The number of nitrogens with one attached hydrogen (secondary N) is 1. The van der Waals surface area contributed by atoms with E-state index in [2.05, 4.69) is 21.6 Å². The summed E-state index contributed by atoms with van der Waals surface area (Å²) in [6, 6.07) is 13.7. The molecule has 3 rings (SSSR count). The molecule has 0 bridgehead atoms. The Morgan fingerprint density at radius 2 is 1.93 bits per heavy atom. The molecule has 0 aliphatic heterocycles. The standard InChI is InChI=1S/C21H25N5O/c1-16-18(15-26(24-16)19-9-5-4-6-10-19)8-7-13-22-21(27)17-11-12-20(23-14-17)25(2)3/h4-6,9-12,14-15H,7-8,13H2,1-3H3,(H,22,27). The summed E-state index contributed by atoms with van der Waals surface area (Å²) < 4.78 is 1.90. The molecule has 0 aliphatic carbocycles. The summed E-state index contributed by atoms with van der Waals surface area (Å²) in [5, 5.41) is 7.54. The number of benzene rings is 1. The first-order chi connectivity index (χ1) is 13.0. The maximum absolute atomic E-state index is 12.2. The Hall–Kier alpha value is -3.15. The number of carbonyl (C=O) groups is 1. The van der Waals surface area contributed by atoms with Crippen molar-refractivity contribution in [2.45, 2.75) is 19.8 Å². The van der Waals surface area contributed by atoms with Crippen LogP contribution in [0, 0.1) is 6.92 Å². The van der Waals surface area contributed by atoms with Crippen molar-refractivity contribution >= 4 is 11.7 Å². The number of anilines is 1. The van der Waals surface area contributed by atoms with Gasteiger partial charge in [-0.3, -0.25) is 4.79 Å². The minimum Gasteiger partial charge on any atom is -0.363 e. The average molecular weight is 363 g/mol. The molecule has 140 valence electrons. The Labute approximate surface area is 159 Å². The van der Waals surface area contributed by atoms with Crippen LogP contribution in [-0.4, -0.2) is 41.3 Å². The summed E-state index contributed by atoms with van der Waals surface area (Å²) in [5.74, 6) is 0.738. The van der Waals surface area contributed by atoms with E-state index in [4.69, 9.17) is 0 Å². The fourth-order valence-corrected chi connectivity index (χ4v) is 2.82. The van der Waals surface area contributed by atoms with Crippen molar-refractivity contribution in [2.75, 3.05) is 25.5 Å². The monoisotopic (exact) mass is 363 g/mol. The summed E-state index contributed by atoms with van der Waals surface area (Å²) in [7, 11) is 3.84. The molecule has 6 nitrogen and oxygen atoms in total. The number of hydrogen-bond donors (Lipinski definition) is 1. The Morgan fingerprint density at radius 1 is 1.15 bits per heavy atom. The Bertz CT molecular complexity index is 885. The van der Waals surface area contributed by atoms with Crippen LogP contribution in [0.4, 0.5) is 5.82 Å². The maximum Gasteiger partial charge on any atom is 0.252 e. The SMILES string of the molecule is Cc1nn(-c2ccccc2)cc1CCCNC(=O)c1ccc(N(C)C)nc1. The fourth-order valence-electron chi connectivity index (χ4n) is 2.82. The van der Waals surface area contributed by atoms with E-state index >= 15 is 0 Å². The maximum atomic E-state index is 12.2. The molecule has 1 aromatic carbocycles.